The van der Waals surface area contributed by atoms with Crippen LogP contribution in [-0.4, -0.2) is 35.8 Å². The standard InChI is InChI=1S/C16H30N2O2/c1-6-7-8-13-9-14(11-18(10-13)12(2)19)17-15(20)16(3,4)5/h13-14H,6-11H2,1-5H3,(H,17,20). The van der Waals surface area contributed by atoms with Gasteiger partial charge in [0, 0.05) is 31.5 Å². The molecule has 1 aliphatic rings. The lowest BCUT2D eigenvalue weighted by Crippen LogP contribution is -2.53. The van der Waals surface area contributed by atoms with Crippen LogP contribution < -0.4 is 5.32 Å². The third-order valence-corrected chi connectivity index (χ3v) is 3.96. The number of likely N-dealkylation sites (tertiary alicyclic amines) is 1. The molecule has 1 saturated heterocycles. The first kappa shape index (κ1) is 17.0. The Kier molecular flexibility index (Phi) is 6.03. The number of nitrogens with zero attached hydrogens (tertiary/aromatic N) is 1. The lowest BCUT2D eigenvalue weighted by molar-refractivity contribution is -0.134. The normalized spacial score (nSPS) is 23.6. The van der Waals surface area contributed by atoms with E-state index in [1.54, 1.807) is 6.92 Å². The summed E-state index contributed by atoms with van der Waals surface area (Å²) in [5.41, 5.74) is -0.378. The molecular weight excluding hydrogens is 252 g/mol. The van der Waals surface area contributed by atoms with Gasteiger partial charge in [0.15, 0.2) is 0 Å². The van der Waals surface area contributed by atoms with Crippen LogP contribution in [-0.2, 0) is 9.59 Å². The van der Waals surface area contributed by atoms with E-state index in [2.05, 4.69) is 12.2 Å². The van der Waals surface area contributed by atoms with Crippen molar-refractivity contribution in [1.29, 1.82) is 0 Å². The predicted molar refractivity (Wildman–Crippen MR) is 81.3 cm³/mol. The maximum Gasteiger partial charge on any atom is 0.225 e. The van der Waals surface area contributed by atoms with E-state index in [0.717, 1.165) is 19.4 Å². The first-order valence-electron chi connectivity index (χ1n) is 7.80. The molecule has 1 aliphatic heterocycles. The third kappa shape index (κ3) is 5.14. The van der Waals surface area contributed by atoms with Crippen LogP contribution in [0, 0.1) is 11.3 Å². The number of rotatable bonds is 4. The molecule has 0 aliphatic carbocycles. The van der Waals surface area contributed by atoms with Crippen molar-refractivity contribution in [1.82, 2.24) is 10.2 Å². The number of hydrogen-bond acceptors (Lipinski definition) is 2. The van der Waals surface area contributed by atoms with Crippen LogP contribution >= 0.6 is 0 Å². The molecule has 4 nitrogen and oxygen atoms in total. The number of amides is 2. The average Bonchev–Trinajstić information content (AvgIpc) is 2.34. The zero-order valence-corrected chi connectivity index (χ0v) is 13.7. The fourth-order valence-corrected chi connectivity index (χ4v) is 2.67. The summed E-state index contributed by atoms with van der Waals surface area (Å²) in [6.45, 7) is 11.1. The second-order valence-corrected chi connectivity index (χ2v) is 7.09. The molecule has 2 amide bonds. The predicted octanol–water partition coefficient (Wildman–Crippen LogP) is 2.58. The molecule has 0 radical (unpaired) electrons. The maximum atomic E-state index is 12.1. The molecule has 1 fully saturated rings. The summed E-state index contributed by atoms with van der Waals surface area (Å²) in [5.74, 6) is 0.696. The lowest BCUT2D eigenvalue weighted by Gasteiger charge is -2.38. The van der Waals surface area contributed by atoms with Gasteiger partial charge in [-0.15, -0.1) is 0 Å². The zero-order valence-electron chi connectivity index (χ0n) is 13.7. The third-order valence-electron chi connectivity index (χ3n) is 3.96. The van der Waals surface area contributed by atoms with Gasteiger partial charge in [-0.25, -0.2) is 0 Å². The minimum absolute atomic E-state index is 0.0714. The highest BCUT2D eigenvalue weighted by Crippen LogP contribution is 2.23. The van der Waals surface area contributed by atoms with Gasteiger partial charge >= 0.3 is 0 Å². The van der Waals surface area contributed by atoms with Gasteiger partial charge in [-0.05, 0) is 18.8 Å². The molecule has 20 heavy (non-hydrogen) atoms. The zero-order chi connectivity index (χ0) is 15.3. The number of carbonyl (C=O) groups excluding carboxylic acids is 2. The molecule has 1 N–H and O–H groups in total. The second-order valence-electron chi connectivity index (χ2n) is 7.09. The minimum atomic E-state index is -0.378. The van der Waals surface area contributed by atoms with E-state index in [1.807, 2.05) is 25.7 Å². The topological polar surface area (TPSA) is 49.4 Å². The van der Waals surface area contributed by atoms with Crippen LogP contribution in [0.25, 0.3) is 0 Å². The van der Waals surface area contributed by atoms with Gasteiger partial charge in [0.1, 0.15) is 0 Å². The molecule has 0 aromatic heterocycles. The van der Waals surface area contributed by atoms with Crippen LogP contribution in [0.5, 0.6) is 0 Å². The SMILES string of the molecule is CCCCC1CC(NC(=O)C(C)(C)C)CN(C(C)=O)C1. The van der Waals surface area contributed by atoms with Gasteiger partial charge in [-0.2, -0.15) is 0 Å². The van der Waals surface area contributed by atoms with Gasteiger partial charge in [0.25, 0.3) is 0 Å². The van der Waals surface area contributed by atoms with Crippen molar-refractivity contribution in [3.05, 3.63) is 0 Å². The number of hydrogen-bond donors (Lipinski definition) is 1. The summed E-state index contributed by atoms with van der Waals surface area (Å²) in [6, 6.07) is 0.0984. The van der Waals surface area contributed by atoms with E-state index in [9.17, 15) is 9.59 Å². The Labute approximate surface area is 123 Å². The molecule has 0 aromatic rings. The van der Waals surface area contributed by atoms with Crippen molar-refractivity contribution in [2.24, 2.45) is 11.3 Å². The molecule has 0 spiro atoms. The second kappa shape index (κ2) is 7.09. The monoisotopic (exact) mass is 282 g/mol. The van der Waals surface area contributed by atoms with Crippen molar-refractivity contribution < 1.29 is 9.59 Å². The molecule has 2 atom stereocenters. The van der Waals surface area contributed by atoms with Crippen molar-refractivity contribution in [3.63, 3.8) is 0 Å². The maximum absolute atomic E-state index is 12.1. The highest BCUT2D eigenvalue weighted by atomic mass is 16.2. The first-order chi connectivity index (χ1) is 9.24. The highest BCUT2D eigenvalue weighted by molar-refractivity contribution is 5.81. The van der Waals surface area contributed by atoms with Crippen LogP contribution in [0.15, 0.2) is 0 Å². The Hall–Kier alpha value is -1.06. The van der Waals surface area contributed by atoms with Gasteiger partial charge in [-0.3, -0.25) is 9.59 Å². The molecular formula is C16H30N2O2. The van der Waals surface area contributed by atoms with E-state index in [-0.39, 0.29) is 23.3 Å². The van der Waals surface area contributed by atoms with Crippen molar-refractivity contribution in [3.8, 4) is 0 Å². The summed E-state index contributed by atoms with van der Waals surface area (Å²) < 4.78 is 0. The number of nitrogens with one attached hydrogen (secondary N) is 1. The molecule has 0 aromatic carbocycles. The molecule has 4 heteroatoms. The molecule has 0 bridgehead atoms. The summed E-state index contributed by atoms with van der Waals surface area (Å²) in [5, 5.41) is 3.12. The molecule has 116 valence electrons. The molecule has 1 rings (SSSR count). The van der Waals surface area contributed by atoms with Crippen LogP contribution in [0.2, 0.25) is 0 Å². The Bertz CT molecular complexity index is 347. The Morgan fingerprint density at radius 3 is 2.40 bits per heavy atom. The van der Waals surface area contributed by atoms with Gasteiger partial charge in [0.2, 0.25) is 11.8 Å². The fraction of sp³-hybridized carbons (Fsp3) is 0.875. The minimum Gasteiger partial charge on any atom is -0.351 e. The fourth-order valence-electron chi connectivity index (χ4n) is 2.67. The van der Waals surface area contributed by atoms with E-state index < -0.39 is 0 Å². The number of unbranched alkanes of at least 4 members (excludes halogenated alkanes) is 1. The highest BCUT2D eigenvalue weighted by Gasteiger charge is 2.31. The van der Waals surface area contributed by atoms with Gasteiger partial charge in [-0.1, -0.05) is 40.5 Å². The van der Waals surface area contributed by atoms with Gasteiger partial charge < -0.3 is 10.2 Å². The van der Waals surface area contributed by atoms with E-state index in [0.29, 0.717) is 12.5 Å². The largest absolute Gasteiger partial charge is 0.351 e. The van der Waals surface area contributed by atoms with Crippen molar-refractivity contribution in [2.45, 2.75) is 66.3 Å². The summed E-state index contributed by atoms with van der Waals surface area (Å²) >= 11 is 0. The summed E-state index contributed by atoms with van der Waals surface area (Å²) in [6.07, 6.45) is 4.50. The summed E-state index contributed by atoms with van der Waals surface area (Å²) in [7, 11) is 0. The Morgan fingerprint density at radius 2 is 1.90 bits per heavy atom. The smallest absolute Gasteiger partial charge is 0.225 e. The number of carbonyl (C=O) groups is 2. The van der Waals surface area contributed by atoms with E-state index in [4.69, 9.17) is 0 Å². The Balaban J connectivity index is 2.64. The van der Waals surface area contributed by atoms with Crippen LogP contribution in [0.3, 0.4) is 0 Å². The lowest BCUT2D eigenvalue weighted by atomic mass is 9.88. The average molecular weight is 282 g/mol. The molecule has 0 saturated carbocycles. The van der Waals surface area contributed by atoms with Crippen molar-refractivity contribution in [2.75, 3.05) is 13.1 Å². The first-order valence-corrected chi connectivity index (χ1v) is 7.80. The van der Waals surface area contributed by atoms with Crippen LogP contribution in [0.1, 0.15) is 60.3 Å². The van der Waals surface area contributed by atoms with E-state index in [1.165, 1.54) is 12.8 Å². The Morgan fingerprint density at radius 1 is 1.25 bits per heavy atom. The summed E-state index contributed by atoms with van der Waals surface area (Å²) in [4.78, 5) is 25.7. The quantitative estimate of drug-likeness (QED) is 0.861. The van der Waals surface area contributed by atoms with Gasteiger partial charge in [0.05, 0.1) is 0 Å². The molecule has 1 heterocycles. The van der Waals surface area contributed by atoms with E-state index >= 15 is 0 Å². The number of piperidine rings is 1. The van der Waals surface area contributed by atoms with Crippen LogP contribution in [0.4, 0.5) is 0 Å². The van der Waals surface area contributed by atoms with Crippen molar-refractivity contribution >= 4 is 11.8 Å². The molecule has 2 unspecified atom stereocenters.